The number of fused-ring (bicyclic) bond motifs is 2. The number of benzene rings is 1. The highest BCUT2D eigenvalue weighted by molar-refractivity contribution is 7.18. The molecule has 0 unspecified atom stereocenters. The molecule has 2 atom stereocenters. The Hall–Kier alpha value is -3.27. The Bertz CT molecular complexity index is 1730. The highest BCUT2D eigenvalue weighted by Gasteiger charge is 2.31. The molecule has 4 aromatic rings. The molecule has 0 spiro atoms. The maximum atomic E-state index is 13.7. The van der Waals surface area contributed by atoms with E-state index in [-0.39, 0.29) is 17.7 Å². The third-order valence-electron chi connectivity index (χ3n) is 8.70. The Kier molecular flexibility index (Phi) is 8.09. The van der Waals surface area contributed by atoms with Crippen molar-refractivity contribution in [2.75, 3.05) is 13.2 Å². The van der Waals surface area contributed by atoms with Gasteiger partial charge in [0.2, 0.25) is 0 Å². The van der Waals surface area contributed by atoms with Crippen LogP contribution in [0.5, 0.6) is 5.75 Å². The van der Waals surface area contributed by atoms with Crippen LogP contribution in [0.4, 0.5) is 0 Å². The van der Waals surface area contributed by atoms with Gasteiger partial charge in [-0.2, -0.15) is 0 Å². The van der Waals surface area contributed by atoms with Crippen molar-refractivity contribution in [3.8, 4) is 16.9 Å². The third-order valence-corrected chi connectivity index (χ3v) is 9.94. The Labute approximate surface area is 253 Å². The number of halogens is 1. The van der Waals surface area contributed by atoms with Crippen molar-refractivity contribution in [3.05, 3.63) is 73.4 Å². The number of piperidine rings is 1. The molecule has 42 heavy (non-hydrogen) atoms. The minimum absolute atomic E-state index is 0.0399. The Morgan fingerprint density at radius 3 is 2.79 bits per heavy atom. The molecule has 1 saturated heterocycles. The van der Waals surface area contributed by atoms with E-state index in [2.05, 4.69) is 16.8 Å². The fourth-order valence-electron chi connectivity index (χ4n) is 6.59. The van der Waals surface area contributed by atoms with Gasteiger partial charge in [0, 0.05) is 44.9 Å². The normalized spacial score (nSPS) is 19.1. The molecule has 1 aliphatic heterocycles. The van der Waals surface area contributed by atoms with Crippen LogP contribution >= 0.6 is 22.9 Å². The molecule has 2 aliphatic rings. The number of pyridine rings is 1. The van der Waals surface area contributed by atoms with Gasteiger partial charge in [0.1, 0.15) is 18.2 Å². The number of carboxylic acid groups (broad SMARTS) is 1. The van der Waals surface area contributed by atoms with Crippen molar-refractivity contribution in [2.45, 2.75) is 77.9 Å². The number of carboxylic acids is 1. The molecule has 0 bridgehead atoms. The summed E-state index contributed by atoms with van der Waals surface area (Å²) in [7, 11) is 0. The van der Waals surface area contributed by atoms with Gasteiger partial charge in [-0.3, -0.25) is 19.2 Å². The summed E-state index contributed by atoms with van der Waals surface area (Å²) in [4.78, 5) is 37.5. The third kappa shape index (κ3) is 5.45. The van der Waals surface area contributed by atoms with E-state index in [0.29, 0.717) is 46.4 Å². The fourth-order valence-corrected chi connectivity index (χ4v) is 7.78. The second-order valence-electron chi connectivity index (χ2n) is 11.5. The highest BCUT2D eigenvalue weighted by Crippen LogP contribution is 2.40. The zero-order chi connectivity index (χ0) is 29.5. The topological polar surface area (TPSA) is 97.6 Å². The summed E-state index contributed by atoms with van der Waals surface area (Å²) in [6, 6.07) is 8.28. The van der Waals surface area contributed by atoms with Gasteiger partial charge in [-0.15, -0.1) is 11.3 Å². The summed E-state index contributed by atoms with van der Waals surface area (Å²) in [5, 5.41) is 11.8. The van der Waals surface area contributed by atoms with Gasteiger partial charge in [-0.05, 0) is 83.7 Å². The number of hydrogen-bond donors (Lipinski definition) is 1. The number of aromatic carboxylic acids is 1. The lowest BCUT2D eigenvalue weighted by Crippen LogP contribution is -2.48. The first-order valence-electron chi connectivity index (χ1n) is 14.6. The van der Waals surface area contributed by atoms with Crippen molar-refractivity contribution < 1.29 is 14.6 Å². The highest BCUT2D eigenvalue weighted by atomic mass is 35.5. The van der Waals surface area contributed by atoms with Crippen LogP contribution in [0.3, 0.4) is 0 Å². The number of carbonyl (C=O) groups is 1. The molecule has 0 amide bonds. The first-order chi connectivity index (χ1) is 20.2. The second kappa shape index (κ2) is 11.8. The molecule has 1 aliphatic carbocycles. The summed E-state index contributed by atoms with van der Waals surface area (Å²) in [6.07, 6.45) is 6.39. The fraction of sp³-hybridized carbons (Fsp3) is 0.438. The molecule has 8 nitrogen and oxygen atoms in total. The van der Waals surface area contributed by atoms with Crippen LogP contribution in [0.25, 0.3) is 21.3 Å². The number of ether oxygens (including phenoxy) is 1. The van der Waals surface area contributed by atoms with Gasteiger partial charge in [0.05, 0.1) is 28.0 Å². The summed E-state index contributed by atoms with van der Waals surface area (Å²) in [5.41, 5.74) is 4.73. The largest absolute Gasteiger partial charge is 0.491 e. The van der Waals surface area contributed by atoms with Gasteiger partial charge in [0.25, 0.3) is 5.56 Å². The molecule has 3 aromatic heterocycles. The SMILES string of the molecule is Cc1cc(-c2cc(Cl)ccc2OCCn2c(C)nc3c(c2=O)C[C@@H](N2CCCC[C@H]2C)CC3)c2scc(C(=O)O)c2n1. The van der Waals surface area contributed by atoms with E-state index < -0.39 is 5.97 Å². The van der Waals surface area contributed by atoms with Gasteiger partial charge in [-0.1, -0.05) is 18.0 Å². The summed E-state index contributed by atoms with van der Waals surface area (Å²) >= 11 is 7.75. The first-order valence-corrected chi connectivity index (χ1v) is 15.9. The summed E-state index contributed by atoms with van der Waals surface area (Å²) < 4.78 is 8.79. The van der Waals surface area contributed by atoms with Crippen LogP contribution in [0, 0.1) is 13.8 Å². The maximum Gasteiger partial charge on any atom is 0.338 e. The van der Waals surface area contributed by atoms with E-state index >= 15 is 0 Å². The van der Waals surface area contributed by atoms with E-state index in [4.69, 9.17) is 21.3 Å². The molecule has 6 rings (SSSR count). The number of aryl methyl sites for hydroxylation is 3. The number of rotatable bonds is 7. The molecule has 220 valence electrons. The van der Waals surface area contributed by atoms with Gasteiger partial charge < -0.3 is 9.84 Å². The van der Waals surface area contributed by atoms with Crippen LogP contribution in [0.1, 0.15) is 65.7 Å². The number of hydrogen-bond acceptors (Lipinski definition) is 7. The van der Waals surface area contributed by atoms with Crippen molar-refractivity contribution in [2.24, 2.45) is 0 Å². The van der Waals surface area contributed by atoms with Crippen LogP contribution < -0.4 is 10.3 Å². The first kappa shape index (κ1) is 28.8. The van der Waals surface area contributed by atoms with Crippen molar-refractivity contribution >= 4 is 39.1 Å². The van der Waals surface area contributed by atoms with Crippen molar-refractivity contribution in [1.82, 2.24) is 19.4 Å². The molecule has 1 aromatic carbocycles. The molecular formula is C32H35ClN4O4S. The van der Waals surface area contributed by atoms with Crippen molar-refractivity contribution in [1.29, 1.82) is 0 Å². The summed E-state index contributed by atoms with van der Waals surface area (Å²) in [6.45, 7) is 7.78. The van der Waals surface area contributed by atoms with Crippen LogP contribution in [-0.4, -0.2) is 55.7 Å². The molecule has 10 heteroatoms. The molecule has 0 saturated carbocycles. The number of likely N-dealkylation sites (tertiary alicyclic amines) is 1. The van der Waals surface area contributed by atoms with Gasteiger partial charge in [0.15, 0.2) is 0 Å². The Morgan fingerprint density at radius 1 is 1.17 bits per heavy atom. The smallest absolute Gasteiger partial charge is 0.338 e. The van der Waals surface area contributed by atoms with E-state index in [1.807, 2.05) is 32.0 Å². The zero-order valence-corrected chi connectivity index (χ0v) is 25.7. The second-order valence-corrected chi connectivity index (χ2v) is 12.8. The van der Waals surface area contributed by atoms with Crippen LogP contribution in [0.15, 0.2) is 34.4 Å². The summed E-state index contributed by atoms with van der Waals surface area (Å²) in [5.74, 6) is 0.297. The average molecular weight is 607 g/mol. The standard InChI is InChI=1S/C32H35ClN4O4S/c1-18-14-24(30-29(34-18)26(17-42-30)32(39)40)23-15-21(33)7-10-28(23)41-13-12-37-20(3)35-27-9-8-22(16-25(27)31(37)38)36-11-5-4-6-19(36)2/h7,10,14-15,17,19,22H,4-6,8-9,11-13,16H2,1-3H3,(H,39,40)/t19-,22+/m1/s1. The number of aromatic nitrogens is 3. The van der Waals surface area contributed by atoms with Gasteiger partial charge >= 0.3 is 5.97 Å². The van der Waals surface area contributed by atoms with Crippen molar-refractivity contribution in [3.63, 3.8) is 0 Å². The van der Waals surface area contributed by atoms with Gasteiger partial charge in [-0.25, -0.2) is 9.78 Å². The lowest BCUT2D eigenvalue weighted by Gasteiger charge is -2.41. The number of nitrogens with zero attached hydrogens (tertiary/aromatic N) is 4. The predicted octanol–water partition coefficient (Wildman–Crippen LogP) is 6.30. The molecule has 0 radical (unpaired) electrons. The molecular weight excluding hydrogens is 572 g/mol. The average Bonchev–Trinajstić information content (AvgIpc) is 3.39. The van der Waals surface area contributed by atoms with Crippen LogP contribution in [0.2, 0.25) is 5.02 Å². The lowest BCUT2D eigenvalue weighted by molar-refractivity contribution is 0.0699. The maximum absolute atomic E-state index is 13.7. The Morgan fingerprint density at radius 2 is 2.00 bits per heavy atom. The monoisotopic (exact) mass is 606 g/mol. The van der Waals surface area contributed by atoms with E-state index in [0.717, 1.165) is 52.9 Å². The minimum atomic E-state index is -1.01. The molecule has 1 fully saturated rings. The van der Waals surface area contributed by atoms with E-state index in [9.17, 15) is 14.7 Å². The molecule has 4 heterocycles. The van der Waals surface area contributed by atoms with E-state index in [1.165, 1.54) is 30.6 Å². The number of thiophene rings is 1. The Balaban J connectivity index is 1.25. The predicted molar refractivity (Wildman–Crippen MR) is 166 cm³/mol. The van der Waals surface area contributed by atoms with E-state index in [1.54, 1.807) is 16.0 Å². The minimum Gasteiger partial charge on any atom is -0.491 e. The van der Waals surface area contributed by atoms with Crippen LogP contribution in [-0.2, 0) is 19.4 Å². The lowest BCUT2D eigenvalue weighted by atomic mass is 9.88. The molecule has 1 N–H and O–H groups in total. The zero-order valence-electron chi connectivity index (χ0n) is 24.2. The quantitative estimate of drug-likeness (QED) is 0.264.